The molecule has 5 aromatic heterocycles. The zero-order valence-corrected chi connectivity index (χ0v) is 20.0. The molecule has 0 saturated heterocycles. The maximum atomic E-state index is 13.1. The predicted molar refractivity (Wildman–Crippen MR) is 135 cm³/mol. The quantitative estimate of drug-likeness (QED) is 0.436. The smallest absolute Gasteiger partial charge is 0.264 e. The lowest BCUT2D eigenvalue weighted by atomic mass is 10.0. The normalized spacial score (nSPS) is 13.4. The number of rotatable bonds is 4. The summed E-state index contributed by atoms with van der Waals surface area (Å²) >= 11 is 0. The van der Waals surface area contributed by atoms with Gasteiger partial charge >= 0.3 is 0 Å². The topological polar surface area (TPSA) is 97.5 Å². The predicted octanol–water partition coefficient (Wildman–Crippen LogP) is 3.32. The Morgan fingerprint density at radius 3 is 2.71 bits per heavy atom. The Morgan fingerprint density at radius 2 is 1.91 bits per heavy atom. The second-order valence-corrected chi connectivity index (χ2v) is 9.16. The molecule has 0 atom stereocenters. The van der Waals surface area contributed by atoms with Gasteiger partial charge in [-0.2, -0.15) is 5.10 Å². The van der Waals surface area contributed by atoms with Crippen LogP contribution in [0.4, 0.5) is 5.95 Å². The number of anilines is 1. The molecule has 9 nitrogen and oxygen atoms in total. The third-order valence-corrected chi connectivity index (χ3v) is 6.75. The van der Waals surface area contributed by atoms with Crippen molar-refractivity contribution in [2.75, 3.05) is 18.5 Å². The molecule has 0 aliphatic carbocycles. The molecule has 0 radical (unpaired) electrons. The van der Waals surface area contributed by atoms with E-state index in [9.17, 15) is 4.79 Å². The molecule has 35 heavy (non-hydrogen) atoms. The van der Waals surface area contributed by atoms with Gasteiger partial charge in [0.2, 0.25) is 5.95 Å². The molecule has 6 heterocycles. The van der Waals surface area contributed by atoms with Gasteiger partial charge in [0.1, 0.15) is 5.65 Å². The maximum absolute atomic E-state index is 13.1. The second-order valence-electron chi connectivity index (χ2n) is 9.16. The van der Waals surface area contributed by atoms with Gasteiger partial charge in [-0.25, -0.2) is 9.97 Å². The number of aromatic amines is 1. The summed E-state index contributed by atoms with van der Waals surface area (Å²) in [6.45, 7) is 3.58. The molecule has 0 amide bonds. The van der Waals surface area contributed by atoms with Gasteiger partial charge in [0, 0.05) is 80.6 Å². The van der Waals surface area contributed by atoms with Gasteiger partial charge in [-0.15, -0.1) is 0 Å². The van der Waals surface area contributed by atoms with Gasteiger partial charge in [-0.05, 0) is 36.6 Å². The minimum absolute atomic E-state index is 0.0353. The van der Waals surface area contributed by atoms with Gasteiger partial charge in [0.05, 0.1) is 17.5 Å². The Kier molecular flexibility index (Phi) is 4.98. The Hall–Kier alpha value is -4.27. The van der Waals surface area contributed by atoms with Crippen LogP contribution >= 0.6 is 0 Å². The molecule has 6 rings (SSSR count). The number of nitrogens with zero attached hydrogens (tertiary/aromatic N) is 7. The highest BCUT2D eigenvalue weighted by molar-refractivity contribution is 5.84. The minimum atomic E-state index is -0.0353. The van der Waals surface area contributed by atoms with Crippen molar-refractivity contribution < 1.29 is 0 Å². The van der Waals surface area contributed by atoms with E-state index in [0.717, 1.165) is 57.9 Å². The summed E-state index contributed by atoms with van der Waals surface area (Å²) in [6.07, 6.45) is 11.0. The van der Waals surface area contributed by atoms with Crippen LogP contribution in [-0.4, -0.2) is 47.9 Å². The summed E-state index contributed by atoms with van der Waals surface area (Å²) in [4.78, 5) is 32.4. The van der Waals surface area contributed by atoms with Crippen molar-refractivity contribution in [3.63, 3.8) is 0 Å². The highest BCUT2D eigenvalue weighted by Gasteiger charge is 2.19. The summed E-state index contributed by atoms with van der Waals surface area (Å²) in [6, 6.07) is 6.14. The monoisotopic (exact) mass is 466 g/mol. The first kappa shape index (κ1) is 21.3. The van der Waals surface area contributed by atoms with E-state index in [2.05, 4.69) is 32.2 Å². The first-order chi connectivity index (χ1) is 17.0. The van der Waals surface area contributed by atoms with Crippen LogP contribution in [-0.2, 0) is 20.0 Å². The number of hydrogen-bond donors (Lipinski definition) is 1. The summed E-state index contributed by atoms with van der Waals surface area (Å²) in [5, 5.41) is 5.35. The van der Waals surface area contributed by atoms with E-state index in [1.165, 1.54) is 0 Å². The van der Waals surface area contributed by atoms with E-state index < -0.39 is 0 Å². The molecular formula is C26H26N8O. The molecule has 5 aromatic rings. The fourth-order valence-electron chi connectivity index (χ4n) is 4.80. The zero-order chi connectivity index (χ0) is 24.1. The first-order valence-corrected chi connectivity index (χ1v) is 11.7. The number of pyridine rings is 2. The van der Waals surface area contributed by atoms with Crippen molar-refractivity contribution in [2.45, 2.75) is 26.3 Å². The van der Waals surface area contributed by atoms with Gasteiger partial charge in [0.15, 0.2) is 0 Å². The fraction of sp³-hybridized carbons (Fsp3) is 0.269. The van der Waals surface area contributed by atoms with Crippen LogP contribution < -0.4 is 10.5 Å². The third-order valence-electron chi connectivity index (χ3n) is 6.75. The van der Waals surface area contributed by atoms with E-state index in [1.807, 2.05) is 56.8 Å². The lowest BCUT2D eigenvalue weighted by Gasteiger charge is -2.27. The van der Waals surface area contributed by atoms with Crippen LogP contribution in [0.25, 0.3) is 33.4 Å². The van der Waals surface area contributed by atoms with E-state index >= 15 is 0 Å². The molecule has 9 heteroatoms. The van der Waals surface area contributed by atoms with Crippen molar-refractivity contribution in [3.05, 3.63) is 76.4 Å². The highest BCUT2D eigenvalue weighted by atomic mass is 16.1. The molecule has 1 aliphatic rings. The van der Waals surface area contributed by atoms with Gasteiger partial charge in [-0.1, -0.05) is 6.07 Å². The van der Waals surface area contributed by atoms with E-state index in [0.29, 0.717) is 24.2 Å². The number of fused-ring (bicyclic) bond motifs is 2. The number of H-pyrrole nitrogens is 1. The molecular weight excluding hydrogens is 440 g/mol. The Morgan fingerprint density at radius 1 is 1.03 bits per heavy atom. The number of aryl methyl sites for hydroxylation is 2. The van der Waals surface area contributed by atoms with Gasteiger partial charge < -0.3 is 9.88 Å². The average molecular weight is 467 g/mol. The van der Waals surface area contributed by atoms with Crippen LogP contribution in [0, 0.1) is 6.92 Å². The van der Waals surface area contributed by atoms with Crippen molar-refractivity contribution in [1.29, 1.82) is 0 Å². The zero-order valence-electron chi connectivity index (χ0n) is 20.0. The van der Waals surface area contributed by atoms with Crippen LogP contribution in [0.3, 0.4) is 0 Å². The molecule has 1 N–H and O–H groups in total. The molecule has 0 bridgehead atoms. The lowest BCUT2D eigenvalue weighted by molar-refractivity contribution is 0.553. The summed E-state index contributed by atoms with van der Waals surface area (Å²) in [5.41, 5.74) is 7.23. The van der Waals surface area contributed by atoms with Crippen molar-refractivity contribution in [1.82, 2.24) is 34.3 Å². The largest absolute Gasteiger partial charge is 0.346 e. The van der Waals surface area contributed by atoms with Crippen molar-refractivity contribution >= 4 is 17.0 Å². The fourth-order valence-corrected chi connectivity index (χ4v) is 4.80. The SMILES string of the molecule is Cc1nc(-c2cnc3n(c2=O)CCCN3C)ccc1Cc1c[nH]c2ncc(-c3cnn(C)c3)cc12. The van der Waals surface area contributed by atoms with Crippen LogP contribution in [0.15, 0.2) is 54.0 Å². The second kappa shape index (κ2) is 8.19. The van der Waals surface area contributed by atoms with Crippen LogP contribution in [0.1, 0.15) is 23.2 Å². The lowest BCUT2D eigenvalue weighted by Crippen LogP contribution is -2.36. The summed E-state index contributed by atoms with van der Waals surface area (Å²) in [5.74, 6) is 0.719. The highest BCUT2D eigenvalue weighted by Crippen LogP contribution is 2.27. The minimum Gasteiger partial charge on any atom is -0.346 e. The number of hydrogen-bond acceptors (Lipinski definition) is 6. The molecule has 0 aromatic carbocycles. The van der Waals surface area contributed by atoms with Crippen LogP contribution in [0.5, 0.6) is 0 Å². The van der Waals surface area contributed by atoms with Crippen molar-refractivity contribution in [3.8, 4) is 22.4 Å². The molecule has 0 saturated carbocycles. The van der Waals surface area contributed by atoms with Crippen LogP contribution in [0.2, 0.25) is 0 Å². The first-order valence-electron chi connectivity index (χ1n) is 11.7. The molecule has 0 unspecified atom stereocenters. The van der Waals surface area contributed by atoms with E-state index in [-0.39, 0.29) is 5.56 Å². The Balaban J connectivity index is 1.32. The number of aromatic nitrogens is 7. The molecule has 176 valence electrons. The van der Waals surface area contributed by atoms with E-state index in [4.69, 9.17) is 4.98 Å². The third kappa shape index (κ3) is 3.69. The summed E-state index contributed by atoms with van der Waals surface area (Å²) < 4.78 is 3.54. The van der Waals surface area contributed by atoms with E-state index in [1.54, 1.807) is 15.4 Å². The standard InChI is InChI=1S/C26H26N8O/c1-16-17(5-6-23(31-16)22-14-29-26-32(2)7-4-8-34(26)25(22)35)9-19-12-28-24-21(19)10-18(11-27-24)20-13-30-33(3)15-20/h5-6,10-15H,4,7-9H2,1-3H3,(H,27,28). The molecule has 0 spiro atoms. The Labute approximate surface area is 202 Å². The maximum Gasteiger partial charge on any atom is 0.264 e. The van der Waals surface area contributed by atoms with Crippen molar-refractivity contribution in [2.24, 2.45) is 7.05 Å². The molecule has 0 fully saturated rings. The van der Waals surface area contributed by atoms with Gasteiger partial charge in [0.25, 0.3) is 5.56 Å². The molecule has 1 aliphatic heterocycles. The number of nitrogens with one attached hydrogen (secondary N) is 1. The summed E-state index contributed by atoms with van der Waals surface area (Å²) in [7, 11) is 3.87. The van der Waals surface area contributed by atoms with Gasteiger partial charge in [-0.3, -0.25) is 19.0 Å². The Bertz CT molecular complexity index is 1630. The average Bonchev–Trinajstić information content (AvgIpc) is 3.47.